The van der Waals surface area contributed by atoms with Crippen LogP contribution in [-0.2, 0) is 16.1 Å². The summed E-state index contributed by atoms with van der Waals surface area (Å²) >= 11 is 0. The van der Waals surface area contributed by atoms with Gasteiger partial charge in [-0.25, -0.2) is 0 Å². The monoisotopic (exact) mass is 289 g/mol. The molecule has 1 aromatic rings. The van der Waals surface area contributed by atoms with Crippen molar-refractivity contribution in [3.63, 3.8) is 0 Å². The number of rotatable bonds is 7. The Morgan fingerprint density at radius 2 is 1.95 bits per heavy atom. The van der Waals surface area contributed by atoms with E-state index < -0.39 is 0 Å². The van der Waals surface area contributed by atoms with Crippen LogP contribution < -0.4 is 5.32 Å². The molecular weight excluding hydrogens is 262 g/mol. The molecule has 0 amide bonds. The van der Waals surface area contributed by atoms with Crippen LogP contribution in [0.1, 0.15) is 63.5 Å². The summed E-state index contributed by atoms with van der Waals surface area (Å²) in [7, 11) is 0. The summed E-state index contributed by atoms with van der Waals surface area (Å²) in [6.45, 7) is 7.12. The lowest BCUT2D eigenvalue weighted by atomic mass is 9.80. The fourth-order valence-electron chi connectivity index (χ4n) is 2.63. The number of carbonyl (C=O) groups is 1. The second-order valence-electron chi connectivity index (χ2n) is 6.59. The molecule has 1 aromatic carbocycles. The molecular formula is C18H27NO2. The fraction of sp³-hybridized carbons (Fsp3) is 0.611. The van der Waals surface area contributed by atoms with E-state index in [9.17, 15) is 4.79 Å². The summed E-state index contributed by atoms with van der Waals surface area (Å²) in [5, 5.41) is 3.44. The van der Waals surface area contributed by atoms with Gasteiger partial charge in [-0.15, -0.1) is 0 Å². The first-order valence-corrected chi connectivity index (χ1v) is 7.99. The Kier molecular flexibility index (Phi) is 5.40. The number of benzene rings is 1. The Bertz CT molecular complexity index is 461. The van der Waals surface area contributed by atoms with Crippen molar-refractivity contribution in [3.05, 3.63) is 35.4 Å². The zero-order valence-corrected chi connectivity index (χ0v) is 13.4. The molecule has 1 saturated carbocycles. The third-order valence-corrected chi connectivity index (χ3v) is 4.22. The van der Waals surface area contributed by atoms with Crippen molar-refractivity contribution < 1.29 is 9.53 Å². The summed E-state index contributed by atoms with van der Waals surface area (Å²) in [6.07, 6.45) is 4.44. The molecule has 3 nitrogen and oxygen atoms in total. The average Bonchev–Trinajstić information content (AvgIpc) is 2.35. The molecule has 1 N–H and O–H groups in total. The number of hydrogen-bond donors (Lipinski definition) is 1. The predicted octanol–water partition coefficient (Wildman–Crippen LogP) is 3.78. The minimum Gasteiger partial charge on any atom is -0.466 e. The SMILES string of the molecule is CCOC(=O)CC(C)(C)NCc1ccc(C2CCC2)cc1. The van der Waals surface area contributed by atoms with Crippen LogP contribution in [0.15, 0.2) is 24.3 Å². The molecule has 0 spiro atoms. The van der Waals surface area contributed by atoms with Gasteiger partial charge in [0, 0.05) is 12.1 Å². The Morgan fingerprint density at radius 1 is 1.29 bits per heavy atom. The summed E-state index contributed by atoms with van der Waals surface area (Å²) < 4.78 is 5.01. The smallest absolute Gasteiger partial charge is 0.307 e. The lowest BCUT2D eigenvalue weighted by Gasteiger charge is -2.27. The second-order valence-corrected chi connectivity index (χ2v) is 6.59. The zero-order valence-electron chi connectivity index (χ0n) is 13.4. The molecule has 116 valence electrons. The van der Waals surface area contributed by atoms with Crippen molar-refractivity contribution in [3.8, 4) is 0 Å². The van der Waals surface area contributed by atoms with Crippen molar-refractivity contribution in [2.24, 2.45) is 0 Å². The fourth-order valence-corrected chi connectivity index (χ4v) is 2.63. The van der Waals surface area contributed by atoms with Crippen molar-refractivity contribution in [1.29, 1.82) is 0 Å². The van der Waals surface area contributed by atoms with Gasteiger partial charge in [0.25, 0.3) is 0 Å². The van der Waals surface area contributed by atoms with Gasteiger partial charge < -0.3 is 10.1 Å². The van der Waals surface area contributed by atoms with E-state index in [2.05, 4.69) is 29.6 Å². The first-order valence-electron chi connectivity index (χ1n) is 7.99. The summed E-state index contributed by atoms with van der Waals surface area (Å²) in [4.78, 5) is 11.6. The molecule has 0 aromatic heterocycles. The number of nitrogens with one attached hydrogen (secondary N) is 1. The van der Waals surface area contributed by atoms with Crippen LogP contribution >= 0.6 is 0 Å². The van der Waals surface area contributed by atoms with Crippen LogP contribution in [-0.4, -0.2) is 18.1 Å². The van der Waals surface area contributed by atoms with Crippen molar-refractivity contribution in [1.82, 2.24) is 5.32 Å². The largest absolute Gasteiger partial charge is 0.466 e. The van der Waals surface area contributed by atoms with Crippen LogP contribution in [0.2, 0.25) is 0 Å². The Balaban J connectivity index is 1.82. The zero-order chi connectivity index (χ0) is 15.3. The molecule has 1 aliphatic rings. The van der Waals surface area contributed by atoms with Crippen molar-refractivity contribution in [2.75, 3.05) is 6.61 Å². The third-order valence-electron chi connectivity index (χ3n) is 4.22. The highest BCUT2D eigenvalue weighted by Gasteiger charge is 2.22. The maximum atomic E-state index is 11.6. The molecule has 0 bridgehead atoms. The Morgan fingerprint density at radius 3 is 2.48 bits per heavy atom. The maximum Gasteiger partial charge on any atom is 0.307 e. The van der Waals surface area contributed by atoms with Crippen LogP contribution in [0.4, 0.5) is 0 Å². The minimum atomic E-state index is -0.251. The van der Waals surface area contributed by atoms with Gasteiger partial charge in [0.1, 0.15) is 0 Å². The van der Waals surface area contributed by atoms with Crippen LogP contribution in [0.3, 0.4) is 0 Å². The molecule has 3 heteroatoms. The van der Waals surface area contributed by atoms with Crippen molar-refractivity contribution in [2.45, 2.75) is 64.5 Å². The van der Waals surface area contributed by atoms with E-state index in [1.807, 2.05) is 20.8 Å². The molecule has 0 atom stereocenters. The summed E-state index contributed by atoms with van der Waals surface area (Å²) in [5.41, 5.74) is 2.48. The van der Waals surface area contributed by atoms with Crippen LogP contribution in [0.25, 0.3) is 0 Å². The van der Waals surface area contributed by atoms with E-state index in [4.69, 9.17) is 4.74 Å². The number of hydrogen-bond acceptors (Lipinski definition) is 3. The number of carbonyl (C=O) groups excluding carboxylic acids is 1. The lowest BCUT2D eigenvalue weighted by Crippen LogP contribution is -2.41. The lowest BCUT2D eigenvalue weighted by molar-refractivity contribution is -0.144. The highest BCUT2D eigenvalue weighted by Crippen LogP contribution is 2.36. The first kappa shape index (κ1) is 16.0. The molecule has 21 heavy (non-hydrogen) atoms. The van der Waals surface area contributed by atoms with E-state index in [-0.39, 0.29) is 11.5 Å². The molecule has 0 heterocycles. The highest BCUT2D eigenvalue weighted by atomic mass is 16.5. The molecule has 0 radical (unpaired) electrons. The molecule has 1 aliphatic carbocycles. The second kappa shape index (κ2) is 7.08. The molecule has 1 fully saturated rings. The summed E-state index contributed by atoms with van der Waals surface area (Å²) in [6, 6.07) is 8.89. The Hall–Kier alpha value is -1.35. The van der Waals surface area contributed by atoms with Gasteiger partial charge in [-0.1, -0.05) is 30.7 Å². The van der Waals surface area contributed by atoms with E-state index in [1.165, 1.54) is 30.4 Å². The van der Waals surface area contributed by atoms with E-state index >= 15 is 0 Å². The van der Waals surface area contributed by atoms with Gasteiger partial charge in [-0.05, 0) is 50.7 Å². The van der Waals surface area contributed by atoms with Crippen LogP contribution in [0.5, 0.6) is 0 Å². The molecule has 0 aliphatic heterocycles. The van der Waals surface area contributed by atoms with E-state index in [0.29, 0.717) is 13.0 Å². The normalized spacial score (nSPS) is 15.6. The Labute approximate surface area is 128 Å². The van der Waals surface area contributed by atoms with Gasteiger partial charge in [-0.2, -0.15) is 0 Å². The number of esters is 1. The molecule has 2 rings (SSSR count). The van der Waals surface area contributed by atoms with Gasteiger partial charge in [-0.3, -0.25) is 4.79 Å². The van der Waals surface area contributed by atoms with Crippen LogP contribution in [0, 0.1) is 0 Å². The quantitative estimate of drug-likeness (QED) is 0.776. The highest BCUT2D eigenvalue weighted by molar-refractivity contribution is 5.70. The topological polar surface area (TPSA) is 38.3 Å². The van der Waals surface area contributed by atoms with E-state index in [1.54, 1.807) is 0 Å². The average molecular weight is 289 g/mol. The van der Waals surface area contributed by atoms with Gasteiger partial charge in [0.05, 0.1) is 13.0 Å². The van der Waals surface area contributed by atoms with Gasteiger partial charge >= 0.3 is 5.97 Å². The maximum absolute atomic E-state index is 11.6. The number of ether oxygens (including phenoxy) is 1. The van der Waals surface area contributed by atoms with E-state index in [0.717, 1.165) is 12.5 Å². The standard InChI is InChI=1S/C18H27NO2/c1-4-21-17(20)12-18(2,3)19-13-14-8-10-16(11-9-14)15-6-5-7-15/h8-11,15,19H,4-7,12-13H2,1-3H3. The first-order chi connectivity index (χ1) is 10.00. The van der Waals surface area contributed by atoms with Gasteiger partial charge in [0.15, 0.2) is 0 Å². The molecule has 0 unspecified atom stereocenters. The van der Waals surface area contributed by atoms with Crippen molar-refractivity contribution >= 4 is 5.97 Å². The molecule has 0 saturated heterocycles. The van der Waals surface area contributed by atoms with Gasteiger partial charge in [0.2, 0.25) is 0 Å². The summed E-state index contributed by atoms with van der Waals surface area (Å²) in [5.74, 6) is 0.641. The predicted molar refractivity (Wildman–Crippen MR) is 85.2 cm³/mol. The minimum absolute atomic E-state index is 0.143. The third kappa shape index (κ3) is 4.85.